The molecule has 1 aliphatic rings. The van der Waals surface area contributed by atoms with Crippen LogP contribution in [0.1, 0.15) is 29.0 Å². The van der Waals surface area contributed by atoms with Gasteiger partial charge in [0.15, 0.2) is 5.43 Å². The summed E-state index contributed by atoms with van der Waals surface area (Å²) >= 11 is 0. The van der Waals surface area contributed by atoms with Crippen molar-refractivity contribution in [1.82, 2.24) is 20.2 Å². The van der Waals surface area contributed by atoms with Gasteiger partial charge in [-0.1, -0.05) is 12.1 Å². The van der Waals surface area contributed by atoms with Gasteiger partial charge in [0.25, 0.3) is 5.91 Å². The Bertz CT molecular complexity index is 1050. The van der Waals surface area contributed by atoms with Crippen molar-refractivity contribution in [3.8, 4) is 0 Å². The van der Waals surface area contributed by atoms with Gasteiger partial charge in [-0.15, -0.1) is 0 Å². The molecule has 3 heterocycles. The van der Waals surface area contributed by atoms with Gasteiger partial charge in [-0.3, -0.25) is 19.5 Å². The molecule has 144 valence electrons. The maximum Gasteiger partial charge on any atom is 0.268 e. The van der Waals surface area contributed by atoms with E-state index in [9.17, 15) is 14.0 Å². The van der Waals surface area contributed by atoms with Crippen molar-refractivity contribution < 1.29 is 9.18 Å². The zero-order valence-corrected chi connectivity index (χ0v) is 15.3. The van der Waals surface area contributed by atoms with E-state index in [4.69, 9.17) is 0 Å². The molecule has 6 nitrogen and oxygen atoms in total. The van der Waals surface area contributed by atoms with Crippen molar-refractivity contribution in [1.29, 1.82) is 0 Å². The third-order valence-corrected chi connectivity index (χ3v) is 5.01. The van der Waals surface area contributed by atoms with Gasteiger partial charge in [-0.25, -0.2) is 4.39 Å². The lowest BCUT2D eigenvalue weighted by molar-refractivity contribution is 0.0895. The third kappa shape index (κ3) is 3.94. The van der Waals surface area contributed by atoms with E-state index in [0.717, 1.165) is 31.6 Å². The third-order valence-electron chi connectivity index (χ3n) is 5.01. The molecule has 1 aliphatic heterocycles. The molecular formula is C21H21FN4O2. The number of carbonyl (C=O) groups excluding carboxylic acids is 1. The maximum atomic E-state index is 14.0. The first-order valence-corrected chi connectivity index (χ1v) is 9.35. The van der Waals surface area contributed by atoms with Gasteiger partial charge in [-0.2, -0.15) is 0 Å². The zero-order valence-electron chi connectivity index (χ0n) is 15.3. The average molecular weight is 380 g/mol. The van der Waals surface area contributed by atoms with Gasteiger partial charge in [0, 0.05) is 36.8 Å². The summed E-state index contributed by atoms with van der Waals surface area (Å²) in [6.07, 6.45) is 3.59. The molecule has 2 N–H and O–H groups in total. The number of H-pyrrole nitrogens is 1. The minimum Gasteiger partial charge on any atom is -0.348 e. The molecule has 1 fully saturated rings. The molecule has 0 aliphatic carbocycles. The number of hydrogen-bond acceptors (Lipinski definition) is 4. The number of pyridine rings is 2. The van der Waals surface area contributed by atoms with Gasteiger partial charge in [0.1, 0.15) is 11.5 Å². The molecule has 0 spiro atoms. The van der Waals surface area contributed by atoms with Crippen LogP contribution in [0.3, 0.4) is 0 Å². The molecule has 1 saturated heterocycles. The number of aromatic nitrogens is 2. The Kier molecular flexibility index (Phi) is 5.16. The van der Waals surface area contributed by atoms with Crippen LogP contribution in [0.4, 0.5) is 4.39 Å². The van der Waals surface area contributed by atoms with Crippen molar-refractivity contribution in [2.24, 2.45) is 0 Å². The van der Waals surface area contributed by atoms with Gasteiger partial charge in [0.2, 0.25) is 0 Å². The van der Waals surface area contributed by atoms with E-state index in [2.05, 4.69) is 20.2 Å². The lowest BCUT2D eigenvalue weighted by Crippen LogP contribution is -2.47. The van der Waals surface area contributed by atoms with Crippen LogP contribution in [-0.4, -0.2) is 39.9 Å². The molecule has 0 saturated carbocycles. The van der Waals surface area contributed by atoms with Crippen molar-refractivity contribution in [3.63, 3.8) is 0 Å². The molecule has 1 aromatic carbocycles. The summed E-state index contributed by atoms with van der Waals surface area (Å²) in [5.41, 5.74) is 0.743. The maximum absolute atomic E-state index is 14.0. The van der Waals surface area contributed by atoms with Crippen molar-refractivity contribution in [3.05, 3.63) is 76.1 Å². The van der Waals surface area contributed by atoms with Crippen LogP contribution in [0.15, 0.2) is 53.5 Å². The second-order valence-corrected chi connectivity index (χ2v) is 7.08. The van der Waals surface area contributed by atoms with Crippen molar-refractivity contribution in [2.75, 3.05) is 13.1 Å². The zero-order chi connectivity index (χ0) is 19.5. The van der Waals surface area contributed by atoms with Gasteiger partial charge < -0.3 is 10.3 Å². The lowest BCUT2D eigenvalue weighted by atomic mass is 10.0. The number of para-hydroxylation sites is 1. The van der Waals surface area contributed by atoms with E-state index in [-0.39, 0.29) is 28.1 Å². The number of rotatable bonds is 4. The number of carbonyl (C=O) groups is 1. The Morgan fingerprint density at radius 3 is 3.00 bits per heavy atom. The van der Waals surface area contributed by atoms with Crippen LogP contribution in [0.25, 0.3) is 10.9 Å². The minimum atomic E-state index is -0.552. The summed E-state index contributed by atoms with van der Waals surface area (Å²) in [6, 6.07) is 11.3. The van der Waals surface area contributed by atoms with Gasteiger partial charge in [-0.05, 0) is 43.7 Å². The van der Waals surface area contributed by atoms with Crippen LogP contribution in [-0.2, 0) is 6.54 Å². The normalized spacial score (nSPS) is 17.5. The van der Waals surface area contributed by atoms with E-state index in [1.165, 1.54) is 24.3 Å². The number of hydrogen-bond donors (Lipinski definition) is 2. The number of nitrogens with zero attached hydrogens (tertiary/aromatic N) is 2. The van der Waals surface area contributed by atoms with E-state index >= 15 is 0 Å². The minimum absolute atomic E-state index is 0.0372. The topological polar surface area (TPSA) is 78.1 Å². The number of nitrogens with one attached hydrogen (secondary N) is 2. The number of halogens is 1. The predicted molar refractivity (Wildman–Crippen MR) is 105 cm³/mol. The molecule has 0 unspecified atom stereocenters. The van der Waals surface area contributed by atoms with E-state index < -0.39 is 11.7 Å². The standard InChI is InChI=1S/C21H21FN4O2/c22-17-8-3-7-16-19(27)11-18(25-20(16)17)21(28)24-15-6-4-10-26(13-15)12-14-5-1-2-9-23-14/h1-3,5,7-9,11,15H,4,6,10,12-13H2,(H,24,28)(H,25,27)/t15-/m1/s1. The second-order valence-electron chi connectivity index (χ2n) is 7.08. The van der Waals surface area contributed by atoms with Crippen molar-refractivity contribution in [2.45, 2.75) is 25.4 Å². The molecule has 2 aromatic heterocycles. The fraction of sp³-hybridized carbons (Fsp3) is 0.286. The highest BCUT2D eigenvalue weighted by molar-refractivity contribution is 5.95. The van der Waals surface area contributed by atoms with Gasteiger partial charge in [0.05, 0.1) is 11.2 Å². The number of aromatic amines is 1. The van der Waals surface area contributed by atoms with Crippen LogP contribution in [0.5, 0.6) is 0 Å². The van der Waals surface area contributed by atoms with E-state index in [1.54, 1.807) is 6.20 Å². The summed E-state index contributed by atoms with van der Waals surface area (Å²) in [5, 5.41) is 3.20. The quantitative estimate of drug-likeness (QED) is 0.729. The SMILES string of the molecule is O=C(N[C@@H]1CCCN(Cc2ccccn2)C1)c1cc(=O)c2cccc(F)c2[nH]1. The largest absolute Gasteiger partial charge is 0.348 e. The number of piperidine rings is 1. The first-order chi connectivity index (χ1) is 13.6. The molecule has 0 bridgehead atoms. The van der Waals surface area contributed by atoms with E-state index in [0.29, 0.717) is 6.54 Å². The highest BCUT2D eigenvalue weighted by Gasteiger charge is 2.23. The summed E-state index contributed by atoms with van der Waals surface area (Å²) in [6.45, 7) is 2.38. The summed E-state index contributed by atoms with van der Waals surface area (Å²) < 4.78 is 14.0. The second kappa shape index (κ2) is 7.90. The smallest absolute Gasteiger partial charge is 0.268 e. The molecule has 4 rings (SSSR count). The molecular weight excluding hydrogens is 359 g/mol. The van der Waals surface area contributed by atoms with Crippen molar-refractivity contribution >= 4 is 16.8 Å². The monoisotopic (exact) mass is 380 g/mol. The predicted octanol–water partition coefficient (Wildman–Crippen LogP) is 2.46. The lowest BCUT2D eigenvalue weighted by Gasteiger charge is -2.32. The van der Waals surface area contributed by atoms with Gasteiger partial charge >= 0.3 is 0 Å². The van der Waals surface area contributed by atoms with Crippen LogP contribution in [0.2, 0.25) is 0 Å². The summed E-state index contributed by atoms with van der Waals surface area (Å²) in [7, 11) is 0. The van der Waals surface area contributed by atoms with Crippen LogP contribution < -0.4 is 10.7 Å². The number of amides is 1. The van der Waals surface area contributed by atoms with Crippen LogP contribution in [0, 0.1) is 5.82 Å². The molecule has 28 heavy (non-hydrogen) atoms. The Labute approximate surface area is 161 Å². The molecule has 1 amide bonds. The highest BCUT2D eigenvalue weighted by Crippen LogP contribution is 2.15. The Balaban J connectivity index is 1.46. The molecule has 7 heteroatoms. The first-order valence-electron chi connectivity index (χ1n) is 9.35. The number of likely N-dealkylation sites (tertiary alicyclic amines) is 1. The first kappa shape index (κ1) is 18.3. The molecule has 1 atom stereocenters. The highest BCUT2D eigenvalue weighted by atomic mass is 19.1. The van der Waals surface area contributed by atoms with Crippen LogP contribution >= 0.6 is 0 Å². The number of benzene rings is 1. The Morgan fingerprint density at radius 1 is 1.29 bits per heavy atom. The summed E-state index contributed by atoms with van der Waals surface area (Å²) in [4.78, 5) is 34.2. The Morgan fingerprint density at radius 2 is 2.18 bits per heavy atom. The fourth-order valence-electron chi connectivity index (χ4n) is 3.66. The van der Waals surface area contributed by atoms with E-state index in [1.807, 2.05) is 18.2 Å². The molecule has 0 radical (unpaired) electrons. The fourth-order valence-corrected chi connectivity index (χ4v) is 3.66. The average Bonchev–Trinajstić information content (AvgIpc) is 2.70. The molecule has 3 aromatic rings. The summed E-state index contributed by atoms with van der Waals surface area (Å²) in [5.74, 6) is -0.949. The number of fused-ring (bicyclic) bond motifs is 1. The Hall–Kier alpha value is -3.06.